The Morgan fingerprint density at radius 3 is 2.27 bits per heavy atom. The molecule has 160 valence electrons. The van der Waals surface area contributed by atoms with Crippen LogP contribution in [-0.4, -0.2) is 68.8 Å². The molecular weight excluding hydrogens is 406 g/mol. The van der Waals surface area contributed by atoms with Crippen LogP contribution in [0.1, 0.15) is 11.1 Å². The van der Waals surface area contributed by atoms with E-state index < -0.39 is 16.1 Å². The smallest absolute Gasteiger partial charge is 0.227 e. The molecule has 0 bridgehead atoms. The Morgan fingerprint density at radius 1 is 1.00 bits per heavy atom. The Morgan fingerprint density at radius 2 is 1.63 bits per heavy atom. The van der Waals surface area contributed by atoms with E-state index in [1.165, 1.54) is 0 Å². The van der Waals surface area contributed by atoms with Gasteiger partial charge in [0.05, 0.1) is 31.4 Å². The van der Waals surface area contributed by atoms with E-state index in [0.717, 1.165) is 11.1 Å². The van der Waals surface area contributed by atoms with E-state index in [0.29, 0.717) is 19.5 Å². The number of ether oxygens (including phenoxy) is 2. The fourth-order valence-corrected chi connectivity index (χ4v) is 5.10. The van der Waals surface area contributed by atoms with E-state index >= 15 is 0 Å². The van der Waals surface area contributed by atoms with Crippen LogP contribution in [0.2, 0.25) is 0 Å². The summed E-state index contributed by atoms with van der Waals surface area (Å²) in [5, 5.41) is 0. The minimum absolute atomic E-state index is 0.0154. The lowest BCUT2D eigenvalue weighted by Gasteiger charge is -2.19. The first-order valence-corrected chi connectivity index (χ1v) is 11.6. The molecule has 8 nitrogen and oxygen atoms in total. The number of hydrogen-bond donors (Lipinski definition) is 1. The molecule has 4 rings (SSSR count). The Kier molecular flexibility index (Phi) is 6.43. The fourth-order valence-electron chi connectivity index (χ4n) is 3.74. The zero-order chi connectivity index (χ0) is 21.0. The van der Waals surface area contributed by atoms with Crippen molar-refractivity contribution >= 4 is 15.9 Å². The van der Waals surface area contributed by atoms with Gasteiger partial charge in [-0.25, -0.2) is 13.1 Å². The first-order valence-electron chi connectivity index (χ1n) is 9.92. The molecule has 30 heavy (non-hydrogen) atoms. The summed E-state index contributed by atoms with van der Waals surface area (Å²) in [6, 6.07) is 12.2. The summed E-state index contributed by atoms with van der Waals surface area (Å²) in [7, 11) is -3.51. The largest absolute Gasteiger partial charge is 0.372 e. The Hall–Kier alpha value is -2.33. The van der Waals surface area contributed by atoms with Crippen molar-refractivity contribution in [2.24, 2.45) is 0 Å². The molecule has 0 saturated carbocycles. The van der Waals surface area contributed by atoms with E-state index in [4.69, 9.17) is 9.47 Å². The van der Waals surface area contributed by atoms with Gasteiger partial charge in [0.25, 0.3) is 0 Å². The van der Waals surface area contributed by atoms with Crippen molar-refractivity contribution in [3.63, 3.8) is 0 Å². The number of hydrogen-bond acceptors (Lipinski definition) is 6. The van der Waals surface area contributed by atoms with Gasteiger partial charge < -0.3 is 14.4 Å². The predicted molar refractivity (Wildman–Crippen MR) is 110 cm³/mol. The highest BCUT2D eigenvalue weighted by Gasteiger charge is 2.39. The summed E-state index contributed by atoms with van der Waals surface area (Å²) in [5.41, 5.74) is 1.64. The summed E-state index contributed by atoms with van der Waals surface area (Å²) in [4.78, 5) is 18.3. The maximum Gasteiger partial charge on any atom is 0.227 e. The molecular formula is C21H25N3O5S. The molecule has 1 amide bonds. The minimum atomic E-state index is -3.51. The maximum absolute atomic E-state index is 12.6. The first-order chi connectivity index (χ1) is 14.5. The third-order valence-corrected chi connectivity index (χ3v) is 6.65. The molecule has 0 aliphatic carbocycles. The van der Waals surface area contributed by atoms with Gasteiger partial charge in [0.1, 0.15) is 12.2 Å². The zero-order valence-corrected chi connectivity index (χ0v) is 17.3. The Balaban J connectivity index is 1.28. The highest BCUT2D eigenvalue weighted by molar-refractivity contribution is 7.88. The predicted octanol–water partition coefficient (Wildman–Crippen LogP) is 0.739. The number of fused-ring (bicyclic) bond motifs is 1. The quantitative estimate of drug-likeness (QED) is 0.725. The van der Waals surface area contributed by atoms with Gasteiger partial charge in [0.15, 0.2) is 0 Å². The molecule has 2 saturated heterocycles. The van der Waals surface area contributed by atoms with E-state index in [2.05, 4.69) is 9.71 Å². The van der Waals surface area contributed by atoms with E-state index in [9.17, 15) is 13.2 Å². The molecule has 1 aromatic carbocycles. The average molecular weight is 432 g/mol. The molecule has 1 N–H and O–H groups in total. The zero-order valence-electron chi connectivity index (χ0n) is 16.5. The number of amides is 1. The number of nitrogens with one attached hydrogen (secondary N) is 1. The second-order valence-electron chi connectivity index (χ2n) is 7.63. The average Bonchev–Trinajstić information content (AvgIpc) is 3.06. The first kappa shape index (κ1) is 20.9. The van der Waals surface area contributed by atoms with Crippen molar-refractivity contribution in [1.29, 1.82) is 0 Å². The van der Waals surface area contributed by atoms with Gasteiger partial charge in [0, 0.05) is 25.5 Å². The Labute approximate surface area is 176 Å². The topological polar surface area (TPSA) is 97.8 Å². The van der Waals surface area contributed by atoms with Crippen molar-refractivity contribution in [1.82, 2.24) is 14.6 Å². The van der Waals surface area contributed by atoms with Crippen LogP contribution in [0.25, 0.3) is 0 Å². The number of pyridine rings is 1. The molecule has 3 heterocycles. The molecule has 2 aliphatic rings. The molecule has 0 spiro atoms. The van der Waals surface area contributed by atoms with E-state index in [1.807, 2.05) is 30.3 Å². The lowest BCUT2D eigenvalue weighted by molar-refractivity contribution is -0.130. The van der Waals surface area contributed by atoms with Crippen molar-refractivity contribution in [2.75, 3.05) is 26.3 Å². The van der Waals surface area contributed by atoms with Crippen LogP contribution in [0.4, 0.5) is 0 Å². The molecule has 2 aliphatic heterocycles. The summed E-state index contributed by atoms with van der Waals surface area (Å²) < 4.78 is 39.4. The summed E-state index contributed by atoms with van der Waals surface area (Å²) in [6.07, 6.45) is 3.14. The SMILES string of the molecule is O=C(Cc1ccncc1)N1C[C@@H]2OCC(NS(=O)(=O)Cc3ccccc3)CO[C@H]2C1. The standard InChI is InChI=1S/C21H25N3O5S/c25-21(10-16-6-8-22-9-7-16)24-11-19-20(12-24)29-14-18(13-28-19)23-30(26,27)15-17-4-2-1-3-5-17/h1-9,18-20,23H,10-15H2/t19-,20-/m0/s1. The number of rotatable bonds is 6. The van der Waals surface area contributed by atoms with Gasteiger partial charge in [-0.05, 0) is 23.3 Å². The Bertz CT molecular complexity index is 939. The number of carbonyl (C=O) groups excluding carboxylic acids is 1. The van der Waals surface area contributed by atoms with Crippen LogP contribution >= 0.6 is 0 Å². The monoisotopic (exact) mass is 431 g/mol. The lowest BCUT2D eigenvalue weighted by Crippen LogP contribution is -2.42. The molecule has 9 heteroatoms. The highest BCUT2D eigenvalue weighted by Crippen LogP contribution is 2.21. The van der Waals surface area contributed by atoms with Gasteiger partial charge in [-0.15, -0.1) is 0 Å². The van der Waals surface area contributed by atoms with Crippen molar-refractivity contribution < 1.29 is 22.7 Å². The minimum Gasteiger partial charge on any atom is -0.372 e. The van der Waals surface area contributed by atoms with Crippen LogP contribution in [0.15, 0.2) is 54.9 Å². The summed E-state index contributed by atoms with van der Waals surface area (Å²) in [6.45, 7) is 1.30. The van der Waals surface area contributed by atoms with Gasteiger partial charge in [-0.1, -0.05) is 30.3 Å². The number of aromatic nitrogens is 1. The normalized spacial score (nSPS) is 22.5. The second kappa shape index (κ2) is 9.22. The molecule has 2 aromatic rings. The van der Waals surface area contributed by atoms with E-state index in [-0.39, 0.29) is 37.1 Å². The molecule has 2 fully saturated rings. The number of likely N-dealkylation sites (tertiary alicyclic amines) is 1. The maximum atomic E-state index is 12.6. The number of sulfonamides is 1. The van der Waals surface area contributed by atoms with Gasteiger partial charge in [0.2, 0.25) is 15.9 Å². The van der Waals surface area contributed by atoms with Crippen LogP contribution in [0.3, 0.4) is 0 Å². The van der Waals surface area contributed by atoms with Crippen LogP contribution in [0.5, 0.6) is 0 Å². The summed E-state index contributed by atoms with van der Waals surface area (Å²) >= 11 is 0. The second-order valence-corrected chi connectivity index (χ2v) is 9.39. The third kappa shape index (κ3) is 5.42. The molecule has 2 atom stereocenters. The van der Waals surface area contributed by atoms with Crippen molar-refractivity contribution in [3.8, 4) is 0 Å². The lowest BCUT2D eigenvalue weighted by atomic mass is 10.2. The molecule has 1 aromatic heterocycles. The number of nitrogens with zero attached hydrogens (tertiary/aromatic N) is 2. The van der Waals surface area contributed by atoms with Gasteiger partial charge in [-0.3, -0.25) is 9.78 Å². The third-order valence-electron chi connectivity index (χ3n) is 5.24. The van der Waals surface area contributed by atoms with Crippen LogP contribution in [-0.2, 0) is 36.5 Å². The van der Waals surface area contributed by atoms with E-state index in [1.54, 1.807) is 29.4 Å². The number of carbonyl (C=O) groups is 1. The van der Waals surface area contributed by atoms with Gasteiger partial charge >= 0.3 is 0 Å². The highest BCUT2D eigenvalue weighted by atomic mass is 32.2. The van der Waals surface area contributed by atoms with Crippen molar-refractivity contribution in [3.05, 3.63) is 66.0 Å². The summed E-state index contributed by atoms with van der Waals surface area (Å²) in [5.74, 6) is -0.0734. The number of benzene rings is 1. The van der Waals surface area contributed by atoms with Crippen LogP contribution in [0, 0.1) is 0 Å². The van der Waals surface area contributed by atoms with Crippen molar-refractivity contribution in [2.45, 2.75) is 30.4 Å². The van der Waals surface area contributed by atoms with Gasteiger partial charge in [-0.2, -0.15) is 0 Å². The molecule has 0 unspecified atom stereocenters. The van der Waals surface area contributed by atoms with Crippen LogP contribution < -0.4 is 4.72 Å². The molecule has 0 radical (unpaired) electrons. The fraction of sp³-hybridized carbons (Fsp3) is 0.429.